The second-order valence-electron chi connectivity index (χ2n) is 2.97. The van der Waals surface area contributed by atoms with Crippen LogP contribution in [0.3, 0.4) is 0 Å². The molecule has 0 fully saturated rings. The van der Waals surface area contributed by atoms with Crippen molar-refractivity contribution in [3.8, 4) is 11.5 Å². The summed E-state index contributed by atoms with van der Waals surface area (Å²) in [6.45, 7) is -0.301. The average Bonchev–Trinajstić information content (AvgIpc) is 2.73. The van der Waals surface area contributed by atoms with Gasteiger partial charge >= 0.3 is 0 Å². The average molecular weight is 203 g/mol. The maximum absolute atomic E-state index is 10.6. The Bertz CT molecular complexity index is 462. The first-order chi connectivity index (χ1) is 7.35. The number of carbonyl (C=O) groups is 1. The number of hydrogen-bond donors (Lipinski definition) is 1. The fraction of sp³-hybridized carbons (Fsp3) is 0.0909. The van der Waals surface area contributed by atoms with Crippen molar-refractivity contribution in [1.29, 1.82) is 0 Å². The van der Waals surface area contributed by atoms with E-state index in [1.807, 2.05) is 30.3 Å². The maximum Gasteiger partial charge on any atom is 0.227 e. The lowest BCUT2D eigenvalue weighted by molar-refractivity contribution is 0.109. The van der Waals surface area contributed by atoms with Crippen LogP contribution in [-0.4, -0.2) is 16.4 Å². The largest absolute Gasteiger partial charge is 0.433 e. The Morgan fingerprint density at radius 2 is 2.07 bits per heavy atom. The Morgan fingerprint density at radius 3 is 2.60 bits per heavy atom. The summed E-state index contributed by atoms with van der Waals surface area (Å²) in [5, 5.41) is 8.93. The van der Waals surface area contributed by atoms with E-state index < -0.39 is 0 Å². The minimum absolute atomic E-state index is 0.0800. The molecule has 0 saturated heterocycles. The number of aldehydes is 1. The Balaban J connectivity index is 2.46. The predicted molar refractivity (Wildman–Crippen MR) is 53.2 cm³/mol. The van der Waals surface area contributed by atoms with Gasteiger partial charge in [0.25, 0.3) is 0 Å². The quantitative estimate of drug-likeness (QED) is 0.770. The highest BCUT2D eigenvalue weighted by atomic mass is 16.4. The number of rotatable bonds is 3. The van der Waals surface area contributed by atoms with Crippen LogP contribution in [0.15, 0.2) is 34.7 Å². The normalized spacial score (nSPS) is 10.2. The number of hydrogen-bond acceptors (Lipinski definition) is 4. The van der Waals surface area contributed by atoms with Crippen molar-refractivity contribution < 1.29 is 14.3 Å². The molecule has 76 valence electrons. The van der Waals surface area contributed by atoms with Gasteiger partial charge in [-0.2, -0.15) is 0 Å². The van der Waals surface area contributed by atoms with Crippen LogP contribution in [0.2, 0.25) is 0 Å². The zero-order valence-corrected chi connectivity index (χ0v) is 7.88. The lowest BCUT2D eigenvalue weighted by atomic mass is 10.2. The second kappa shape index (κ2) is 4.06. The molecule has 1 aromatic carbocycles. The van der Waals surface area contributed by atoms with Crippen LogP contribution in [0.5, 0.6) is 0 Å². The Kier molecular flexibility index (Phi) is 2.60. The van der Waals surface area contributed by atoms with E-state index in [0.29, 0.717) is 12.2 Å². The number of benzene rings is 1. The van der Waals surface area contributed by atoms with Gasteiger partial charge in [0.05, 0.1) is 6.61 Å². The molecule has 0 aliphatic heterocycles. The minimum atomic E-state index is -0.301. The molecule has 1 N–H and O–H groups in total. The van der Waals surface area contributed by atoms with Gasteiger partial charge in [-0.05, 0) is 12.1 Å². The highest BCUT2D eigenvalue weighted by Crippen LogP contribution is 2.20. The Morgan fingerprint density at radius 1 is 1.33 bits per heavy atom. The zero-order valence-electron chi connectivity index (χ0n) is 7.88. The zero-order chi connectivity index (χ0) is 10.7. The molecule has 4 heteroatoms. The van der Waals surface area contributed by atoms with Crippen LogP contribution in [0, 0.1) is 0 Å². The molecule has 0 aliphatic carbocycles. The maximum atomic E-state index is 10.6. The molecule has 0 atom stereocenters. The second-order valence-corrected chi connectivity index (χ2v) is 2.97. The number of carbonyl (C=O) groups excluding carboxylic acids is 1. The standard InChI is InChI=1S/C11H9NO3/c13-6-9-10(7-14)15-11(12-9)8-4-2-1-3-5-8/h1-5,7,13H,6H2. The van der Waals surface area contributed by atoms with Gasteiger partial charge in [0.15, 0.2) is 12.0 Å². The third-order valence-electron chi connectivity index (χ3n) is 2.01. The van der Waals surface area contributed by atoms with E-state index in [-0.39, 0.29) is 18.1 Å². The fourth-order valence-electron chi connectivity index (χ4n) is 1.27. The first-order valence-electron chi connectivity index (χ1n) is 4.46. The van der Waals surface area contributed by atoms with Crippen LogP contribution < -0.4 is 0 Å². The Labute approximate surface area is 86.2 Å². The van der Waals surface area contributed by atoms with Crippen molar-refractivity contribution >= 4 is 6.29 Å². The molecule has 2 aromatic rings. The van der Waals surface area contributed by atoms with E-state index in [1.165, 1.54) is 0 Å². The van der Waals surface area contributed by atoms with Crippen molar-refractivity contribution in [3.63, 3.8) is 0 Å². The molecule has 2 rings (SSSR count). The fourth-order valence-corrected chi connectivity index (χ4v) is 1.27. The summed E-state index contributed by atoms with van der Waals surface area (Å²) in [4.78, 5) is 14.6. The van der Waals surface area contributed by atoms with Gasteiger partial charge in [0.2, 0.25) is 5.89 Å². The summed E-state index contributed by atoms with van der Waals surface area (Å²) >= 11 is 0. The molecule has 0 spiro atoms. The van der Waals surface area contributed by atoms with E-state index in [1.54, 1.807) is 0 Å². The van der Waals surface area contributed by atoms with Crippen LogP contribution in [-0.2, 0) is 6.61 Å². The van der Waals surface area contributed by atoms with E-state index in [0.717, 1.165) is 5.56 Å². The van der Waals surface area contributed by atoms with Gasteiger partial charge in [0, 0.05) is 5.56 Å². The third kappa shape index (κ3) is 1.80. The lowest BCUT2D eigenvalue weighted by Crippen LogP contribution is -1.88. The molecule has 1 aromatic heterocycles. The molecular formula is C11H9NO3. The van der Waals surface area contributed by atoms with Crippen molar-refractivity contribution in [2.45, 2.75) is 6.61 Å². The first kappa shape index (κ1) is 9.61. The van der Waals surface area contributed by atoms with Crippen LogP contribution in [0.4, 0.5) is 0 Å². The summed E-state index contributed by atoms with van der Waals surface area (Å²) in [6, 6.07) is 9.21. The van der Waals surface area contributed by atoms with Crippen molar-refractivity contribution in [2.24, 2.45) is 0 Å². The third-order valence-corrected chi connectivity index (χ3v) is 2.01. The van der Waals surface area contributed by atoms with Gasteiger partial charge in [-0.25, -0.2) is 4.98 Å². The van der Waals surface area contributed by atoms with Gasteiger partial charge < -0.3 is 9.52 Å². The Hall–Kier alpha value is -1.94. The molecule has 0 saturated carbocycles. The highest BCUT2D eigenvalue weighted by molar-refractivity contribution is 5.73. The molecule has 0 bridgehead atoms. The highest BCUT2D eigenvalue weighted by Gasteiger charge is 2.12. The van der Waals surface area contributed by atoms with Gasteiger partial charge in [0.1, 0.15) is 5.69 Å². The van der Waals surface area contributed by atoms with Crippen LogP contribution in [0.25, 0.3) is 11.5 Å². The topological polar surface area (TPSA) is 63.3 Å². The molecule has 1 heterocycles. The first-order valence-corrected chi connectivity index (χ1v) is 4.46. The molecular weight excluding hydrogens is 194 g/mol. The number of aromatic nitrogens is 1. The molecule has 0 unspecified atom stereocenters. The van der Waals surface area contributed by atoms with Crippen LogP contribution >= 0.6 is 0 Å². The predicted octanol–water partition coefficient (Wildman–Crippen LogP) is 1.65. The van der Waals surface area contributed by atoms with Gasteiger partial charge in [-0.3, -0.25) is 4.79 Å². The summed E-state index contributed by atoms with van der Waals surface area (Å²) in [5.41, 5.74) is 1.05. The van der Waals surface area contributed by atoms with E-state index in [4.69, 9.17) is 9.52 Å². The van der Waals surface area contributed by atoms with E-state index >= 15 is 0 Å². The molecule has 4 nitrogen and oxygen atoms in total. The summed E-state index contributed by atoms with van der Waals surface area (Å²) in [5.74, 6) is 0.429. The number of aliphatic hydroxyl groups excluding tert-OH is 1. The van der Waals surface area contributed by atoms with E-state index in [2.05, 4.69) is 4.98 Å². The van der Waals surface area contributed by atoms with Gasteiger partial charge in [-0.1, -0.05) is 18.2 Å². The summed E-state index contributed by atoms with van der Waals surface area (Å²) in [6.07, 6.45) is 0.547. The van der Waals surface area contributed by atoms with Crippen molar-refractivity contribution in [2.75, 3.05) is 0 Å². The van der Waals surface area contributed by atoms with Crippen LogP contribution in [0.1, 0.15) is 16.2 Å². The SMILES string of the molecule is O=Cc1oc(-c2ccccc2)nc1CO. The number of oxazole rings is 1. The molecule has 0 radical (unpaired) electrons. The molecule has 15 heavy (non-hydrogen) atoms. The number of aliphatic hydroxyl groups is 1. The lowest BCUT2D eigenvalue weighted by Gasteiger charge is -1.91. The van der Waals surface area contributed by atoms with Gasteiger partial charge in [-0.15, -0.1) is 0 Å². The monoisotopic (exact) mass is 203 g/mol. The minimum Gasteiger partial charge on any atom is -0.433 e. The molecule has 0 amide bonds. The summed E-state index contributed by atoms with van der Waals surface area (Å²) < 4.78 is 5.20. The number of nitrogens with zero attached hydrogens (tertiary/aromatic N) is 1. The smallest absolute Gasteiger partial charge is 0.227 e. The molecule has 0 aliphatic rings. The summed E-state index contributed by atoms with van der Waals surface area (Å²) in [7, 11) is 0. The van der Waals surface area contributed by atoms with E-state index in [9.17, 15) is 4.79 Å². The van der Waals surface area contributed by atoms with Crippen molar-refractivity contribution in [1.82, 2.24) is 4.98 Å². The van der Waals surface area contributed by atoms with Crippen molar-refractivity contribution in [3.05, 3.63) is 41.8 Å².